The van der Waals surface area contributed by atoms with E-state index in [1.54, 1.807) is 31.2 Å². The van der Waals surface area contributed by atoms with E-state index < -0.39 is 18.1 Å². The number of aryl methyl sites for hydroxylation is 2. The summed E-state index contributed by atoms with van der Waals surface area (Å²) in [5, 5.41) is 0. The lowest BCUT2D eigenvalue weighted by Gasteiger charge is -2.28. The number of nitrogens with two attached hydrogens (primary N) is 1. The van der Waals surface area contributed by atoms with Crippen LogP contribution in [0.2, 0.25) is 0 Å². The SMILES string of the molecule is Cc1cnc(F)c(-c2cccc([C@]3(c4ccc(OC(F)F)cc4C)COC(N)=N3)c2)c1. The number of nitrogens with zero attached hydrogens (tertiary/aromatic N) is 2. The van der Waals surface area contributed by atoms with Gasteiger partial charge in [-0.05, 0) is 65.9 Å². The summed E-state index contributed by atoms with van der Waals surface area (Å²) in [4.78, 5) is 8.36. The molecular weight excluding hydrogens is 407 g/mol. The smallest absolute Gasteiger partial charge is 0.387 e. The predicted molar refractivity (Wildman–Crippen MR) is 111 cm³/mol. The summed E-state index contributed by atoms with van der Waals surface area (Å²) in [5.74, 6) is -0.531. The molecule has 160 valence electrons. The largest absolute Gasteiger partial charge is 0.462 e. The number of aliphatic imine (C=N–C) groups is 1. The monoisotopic (exact) mass is 427 g/mol. The van der Waals surface area contributed by atoms with Crippen LogP contribution in [0.15, 0.2) is 59.7 Å². The molecule has 8 heteroatoms. The van der Waals surface area contributed by atoms with Crippen LogP contribution in [-0.2, 0) is 10.3 Å². The van der Waals surface area contributed by atoms with Gasteiger partial charge in [-0.3, -0.25) is 0 Å². The first-order chi connectivity index (χ1) is 14.8. The topological polar surface area (TPSA) is 69.7 Å². The Kier molecular flexibility index (Phi) is 5.31. The van der Waals surface area contributed by atoms with Gasteiger partial charge in [0.05, 0.1) is 0 Å². The molecule has 1 aliphatic heterocycles. The zero-order chi connectivity index (χ0) is 22.2. The molecule has 1 atom stereocenters. The van der Waals surface area contributed by atoms with Crippen molar-refractivity contribution in [2.45, 2.75) is 26.0 Å². The van der Waals surface area contributed by atoms with Gasteiger partial charge in [0.15, 0.2) is 5.54 Å². The number of rotatable bonds is 5. The van der Waals surface area contributed by atoms with Gasteiger partial charge in [-0.1, -0.05) is 24.3 Å². The number of halogens is 3. The molecule has 0 bridgehead atoms. The minimum atomic E-state index is -2.92. The number of ether oxygens (including phenoxy) is 2. The molecule has 2 N–H and O–H groups in total. The molecule has 0 fully saturated rings. The zero-order valence-corrected chi connectivity index (χ0v) is 16.9. The second-order valence-electron chi connectivity index (χ2n) is 7.39. The Morgan fingerprint density at radius 3 is 2.61 bits per heavy atom. The lowest BCUT2D eigenvalue weighted by Crippen LogP contribution is -2.28. The summed E-state index contributed by atoms with van der Waals surface area (Å²) in [7, 11) is 0. The number of hydrogen-bond donors (Lipinski definition) is 1. The third-order valence-electron chi connectivity index (χ3n) is 5.23. The summed E-state index contributed by atoms with van der Waals surface area (Å²) in [6.45, 7) is 0.807. The number of pyridine rings is 1. The van der Waals surface area contributed by atoms with Crippen molar-refractivity contribution in [1.82, 2.24) is 4.98 Å². The van der Waals surface area contributed by atoms with Gasteiger partial charge in [-0.15, -0.1) is 0 Å². The Morgan fingerprint density at radius 2 is 1.94 bits per heavy atom. The van der Waals surface area contributed by atoms with Crippen molar-refractivity contribution in [3.8, 4) is 16.9 Å². The van der Waals surface area contributed by atoms with E-state index in [4.69, 9.17) is 10.5 Å². The van der Waals surface area contributed by atoms with Crippen molar-refractivity contribution >= 4 is 6.02 Å². The molecular formula is C23H20F3N3O2. The molecule has 1 aromatic heterocycles. The highest BCUT2D eigenvalue weighted by Gasteiger charge is 2.41. The summed E-state index contributed by atoms with van der Waals surface area (Å²) < 4.78 is 49.6. The Morgan fingerprint density at radius 1 is 1.13 bits per heavy atom. The van der Waals surface area contributed by atoms with Crippen LogP contribution < -0.4 is 10.5 Å². The fourth-order valence-corrected chi connectivity index (χ4v) is 3.85. The van der Waals surface area contributed by atoms with E-state index in [9.17, 15) is 13.2 Å². The fourth-order valence-electron chi connectivity index (χ4n) is 3.85. The predicted octanol–water partition coefficient (Wildman–Crippen LogP) is 4.69. The van der Waals surface area contributed by atoms with Crippen LogP contribution in [0.3, 0.4) is 0 Å². The average Bonchev–Trinajstić information content (AvgIpc) is 3.12. The molecule has 0 amide bonds. The average molecular weight is 427 g/mol. The minimum absolute atomic E-state index is 0.0149. The van der Waals surface area contributed by atoms with Gasteiger partial charge in [0, 0.05) is 11.8 Å². The number of benzene rings is 2. The molecule has 0 radical (unpaired) electrons. The van der Waals surface area contributed by atoms with Crippen LogP contribution in [0.1, 0.15) is 22.3 Å². The number of alkyl halides is 2. The lowest BCUT2D eigenvalue weighted by atomic mass is 9.81. The van der Waals surface area contributed by atoms with E-state index in [2.05, 4.69) is 14.7 Å². The Hall–Kier alpha value is -3.55. The zero-order valence-electron chi connectivity index (χ0n) is 16.9. The molecule has 0 saturated carbocycles. The molecule has 0 aliphatic carbocycles. The quantitative estimate of drug-likeness (QED) is 0.600. The highest BCUT2D eigenvalue weighted by atomic mass is 19.3. The van der Waals surface area contributed by atoms with Crippen LogP contribution in [0.25, 0.3) is 11.1 Å². The maximum atomic E-state index is 14.4. The third kappa shape index (κ3) is 3.93. The normalized spacial score (nSPS) is 18.1. The van der Waals surface area contributed by atoms with Gasteiger partial charge < -0.3 is 15.2 Å². The third-order valence-corrected chi connectivity index (χ3v) is 5.23. The van der Waals surface area contributed by atoms with Crippen molar-refractivity contribution in [1.29, 1.82) is 0 Å². The number of aromatic nitrogens is 1. The highest BCUT2D eigenvalue weighted by Crippen LogP contribution is 2.41. The van der Waals surface area contributed by atoms with Crippen molar-refractivity contribution in [3.05, 3.63) is 82.9 Å². The second kappa shape index (κ2) is 7.94. The van der Waals surface area contributed by atoms with Gasteiger partial charge >= 0.3 is 6.61 Å². The van der Waals surface area contributed by atoms with E-state index in [1.165, 1.54) is 18.3 Å². The molecule has 0 spiro atoms. The highest BCUT2D eigenvalue weighted by molar-refractivity contribution is 5.76. The van der Waals surface area contributed by atoms with Crippen LogP contribution in [0.5, 0.6) is 5.75 Å². The maximum absolute atomic E-state index is 14.4. The van der Waals surface area contributed by atoms with Gasteiger partial charge in [-0.2, -0.15) is 13.2 Å². The molecule has 2 heterocycles. The van der Waals surface area contributed by atoms with Crippen LogP contribution in [-0.4, -0.2) is 24.2 Å². The molecule has 4 rings (SSSR count). The van der Waals surface area contributed by atoms with E-state index in [1.807, 2.05) is 19.1 Å². The standard InChI is InChI=1S/C23H20F3N3O2/c1-13-8-18(20(24)28-11-13)15-4-3-5-16(10-15)23(12-30-22(27)29-23)19-7-6-17(9-14(19)2)31-21(25)26/h3-11,21H,12H2,1-2H3,(H2,27,29)/t23-/m0/s1. The van der Waals surface area contributed by atoms with Crippen molar-refractivity contribution in [2.24, 2.45) is 10.7 Å². The molecule has 31 heavy (non-hydrogen) atoms. The molecule has 0 unspecified atom stereocenters. The molecule has 0 saturated heterocycles. The van der Waals surface area contributed by atoms with E-state index in [-0.39, 0.29) is 18.4 Å². The van der Waals surface area contributed by atoms with Crippen molar-refractivity contribution in [2.75, 3.05) is 6.61 Å². The Balaban J connectivity index is 1.84. The fraction of sp³-hybridized carbons (Fsp3) is 0.217. The second-order valence-corrected chi connectivity index (χ2v) is 7.39. The van der Waals surface area contributed by atoms with Crippen LogP contribution >= 0.6 is 0 Å². The van der Waals surface area contributed by atoms with Crippen LogP contribution in [0, 0.1) is 19.8 Å². The van der Waals surface area contributed by atoms with E-state index in [0.29, 0.717) is 16.7 Å². The first-order valence-electron chi connectivity index (χ1n) is 9.55. The van der Waals surface area contributed by atoms with Crippen LogP contribution in [0.4, 0.5) is 13.2 Å². The molecule has 1 aliphatic rings. The van der Waals surface area contributed by atoms with Crippen molar-refractivity contribution in [3.63, 3.8) is 0 Å². The van der Waals surface area contributed by atoms with Gasteiger partial charge in [0.1, 0.15) is 12.4 Å². The Bertz CT molecular complexity index is 1170. The van der Waals surface area contributed by atoms with Gasteiger partial charge in [0.2, 0.25) is 5.95 Å². The molecule has 5 nitrogen and oxygen atoms in total. The number of amidine groups is 1. The van der Waals surface area contributed by atoms with E-state index in [0.717, 1.165) is 16.7 Å². The first kappa shape index (κ1) is 20.7. The number of hydrogen-bond acceptors (Lipinski definition) is 5. The van der Waals surface area contributed by atoms with Crippen molar-refractivity contribution < 1.29 is 22.6 Å². The van der Waals surface area contributed by atoms with Gasteiger partial charge in [-0.25, -0.2) is 9.98 Å². The first-order valence-corrected chi connectivity index (χ1v) is 9.55. The molecule has 2 aromatic carbocycles. The Labute approximate surface area is 177 Å². The summed E-state index contributed by atoms with van der Waals surface area (Å²) in [6, 6.07) is 13.6. The summed E-state index contributed by atoms with van der Waals surface area (Å²) in [5.41, 5.74) is 8.78. The summed E-state index contributed by atoms with van der Waals surface area (Å²) >= 11 is 0. The van der Waals surface area contributed by atoms with E-state index >= 15 is 0 Å². The molecule has 3 aromatic rings. The summed E-state index contributed by atoms with van der Waals surface area (Å²) in [6.07, 6.45) is 1.46. The lowest BCUT2D eigenvalue weighted by molar-refractivity contribution is -0.0498. The maximum Gasteiger partial charge on any atom is 0.387 e. The van der Waals surface area contributed by atoms with Gasteiger partial charge in [0.25, 0.3) is 6.02 Å². The minimum Gasteiger partial charge on any atom is -0.462 e.